The molecule has 5 aliphatic rings. The van der Waals surface area contributed by atoms with Crippen LogP contribution in [0.2, 0.25) is 0 Å². The highest BCUT2D eigenvalue weighted by molar-refractivity contribution is 7.90. The quantitative estimate of drug-likeness (QED) is 0.198. The fourth-order valence-corrected chi connectivity index (χ4v) is 10.7. The van der Waals surface area contributed by atoms with Gasteiger partial charge in [-0.15, -0.1) is 0 Å². The molecule has 2 aromatic heterocycles. The molecule has 2 aliphatic carbocycles. The molecule has 2 atom stereocenters. The second-order valence-electron chi connectivity index (χ2n) is 17.2. The van der Waals surface area contributed by atoms with Gasteiger partial charge in [-0.3, -0.25) is 14.3 Å². The minimum absolute atomic E-state index is 0.0488. The van der Waals surface area contributed by atoms with Gasteiger partial charge in [0, 0.05) is 41.2 Å². The van der Waals surface area contributed by atoms with E-state index in [1.54, 1.807) is 27.0 Å². The molecule has 2 aromatic carbocycles. The van der Waals surface area contributed by atoms with Gasteiger partial charge >= 0.3 is 0 Å². The summed E-state index contributed by atoms with van der Waals surface area (Å²) in [7, 11) is 0.0233. The fourth-order valence-electron chi connectivity index (χ4n) is 10.1. The van der Waals surface area contributed by atoms with Crippen LogP contribution in [0.5, 0.6) is 5.75 Å². The van der Waals surface area contributed by atoms with Crippen molar-refractivity contribution in [1.29, 1.82) is 0 Å². The van der Waals surface area contributed by atoms with Crippen LogP contribution in [0.4, 0.5) is 0 Å². The monoisotopic (exact) mass is 778 g/mol. The highest BCUT2D eigenvalue weighted by atomic mass is 32.2. The Morgan fingerprint density at radius 2 is 1.73 bits per heavy atom. The minimum Gasteiger partial charge on any atom is -0.497 e. The third kappa shape index (κ3) is 6.18. The van der Waals surface area contributed by atoms with Crippen molar-refractivity contribution in [2.24, 2.45) is 5.92 Å². The first-order valence-electron chi connectivity index (χ1n) is 20.6. The summed E-state index contributed by atoms with van der Waals surface area (Å²) in [6, 6.07) is 12.5. The van der Waals surface area contributed by atoms with E-state index in [-0.39, 0.29) is 17.5 Å². The molecule has 0 radical (unpaired) electrons. The number of hydrogen-bond acceptors (Lipinski definition) is 7. The van der Waals surface area contributed by atoms with Gasteiger partial charge in [0.1, 0.15) is 5.75 Å². The molecule has 0 spiro atoms. The average Bonchev–Trinajstić information content (AvgIpc) is 3.89. The number of aromatic nitrogens is 3. The zero-order valence-electron chi connectivity index (χ0n) is 33.3. The number of carbonyl (C=O) groups excluding carboxylic acids is 2. The number of nitrogens with zero attached hydrogens (tertiary/aromatic N) is 5. The van der Waals surface area contributed by atoms with Gasteiger partial charge in [0.25, 0.3) is 11.8 Å². The van der Waals surface area contributed by atoms with Gasteiger partial charge in [0.15, 0.2) is 0 Å². The summed E-state index contributed by atoms with van der Waals surface area (Å²) in [5.74, 6) is 0.971. The molecule has 4 aromatic rings. The van der Waals surface area contributed by atoms with E-state index >= 15 is 0 Å². The lowest BCUT2D eigenvalue weighted by Gasteiger charge is -2.29. The number of methoxy groups -OCH3 is 1. The lowest BCUT2D eigenvalue weighted by Crippen LogP contribution is -2.35. The number of fused-ring (bicyclic) bond motifs is 6. The van der Waals surface area contributed by atoms with Gasteiger partial charge in [-0.25, -0.2) is 13.1 Å². The number of likely N-dealkylation sites (N-methyl/N-ethyl adjacent to an activating group) is 1. The maximum absolute atomic E-state index is 14.9. The van der Waals surface area contributed by atoms with Crippen molar-refractivity contribution in [2.45, 2.75) is 108 Å². The molecule has 5 heterocycles. The van der Waals surface area contributed by atoms with E-state index in [0.717, 1.165) is 121 Å². The fraction of sp³-hybridized carbons (Fsp3) is 0.523. The SMILES string of the molecule is COc1ccc2c(c1)C=C(c1c(C(=O)N3CC4CCN(C)[C@@H]4C3)c(C)nn1C1CCC1)Cn1c-2c(C2CCCCC2)c2ccc(C(=O)NS(=O)(=O)C(C)C)cc21. The Morgan fingerprint density at radius 3 is 2.43 bits per heavy atom. The largest absolute Gasteiger partial charge is 0.497 e. The summed E-state index contributed by atoms with van der Waals surface area (Å²) in [4.78, 5) is 33.0. The molecule has 9 rings (SSSR count). The molecule has 12 heteroatoms. The Morgan fingerprint density at radius 1 is 0.946 bits per heavy atom. The van der Waals surface area contributed by atoms with Gasteiger partial charge in [0.2, 0.25) is 10.0 Å². The predicted molar refractivity (Wildman–Crippen MR) is 219 cm³/mol. The number of amides is 2. The lowest BCUT2D eigenvalue weighted by atomic mass is 9.81. The molecule has 11 nitrogen and oxygen atoms in total. The van der Waals surface area contributed by atoms with E-state index in [9.17, 15) is 18.0 Å². The Kier molecular flexibility index (Phi) is 9.42. The topological polar surface area (TPSA) is 119 Å². The third-order valence-corrected chi connectivity index (χ3v) is 15.3. The van der Waals surface area contributed by atoms with Crippen LogP contribution >= 0.6 is 0 Å². The van der Waals surface area contributed by atoms with Crippen LogP contribution in [0.3, 0.4) is 0 Å². The summed E-state index contributed by atoms with van der Waals surface area (Å²) in [5.41, 5.74) is 8.92. The number of benzene rings is 2. The number of likely N-dealkylation sites (tertiary alicyclic amines) is 2. The average molecular weight is 779 g/mol. The molecular formula is C44H54N6O5S. The second-order valence-corrected chi connectivity index (χ2v) is 19.4. The molecule has 2 amide bonds. The molecule has 1 unspecified atom stereocenters. The lowest BCUT2D eigenvalue weighted by molar-refractivity contribution is 0.0773. The number of ether oxygens (including phenoxy) is 1. The van der Waals surface area contributed by atoms with Crippen molar-refractivity contribution in [3.8, 4) is 17.0 Å². The normalized spacial score (nSPS) is 21.8. The minimum atomic E-state index is -3.84. The van der Waals surface area contributed by atoms with Gasteiger partial charge in [-0.05, 0) is 138 Å². The van der Waals surface area contributed by atoms with E-state index in [4.69, 9.17) is 9.84 Å². The van der Waals surface area contributed by atoms with Crippen LogP contribution in [0.15, 0.2) is 36.4 Å². The summed E-state index contributed by atoms with van der Waals surface area (Å²) in [6.07, 6.45) is 12.2. The molecule has 1 N–H and O–H groups in total. The smallest absolute Gasteiger partial charge is 0.264 e. The first-order valence-corrected chi connectivity index (χ1v) is 22.2. The number of rotatable bonds is 8. The van der Waals surface area contributed by atoms with Crippen LogP contribution in [-0.4, -0.2) is 89.5 Å². The first-order chi connectivity index (χ1) is 26.9. The van der Waals surface area contributed by atoms with Crippen LogP contribution in [0, 0.1) is 12.8 Å². The highest BCUT2D eigenvalue weighted by Gasteiger charge is 2.43. The number of carbonyl (C=O) groups is 2. The zero-order chi connectivity index (χ0) is 39.0. The van der Waals surface area contributed by atoms with Crippen molar-refractivity contribution >= 4 is 44.4 Å². The molecule has 56 heavy (non-hydrogen) atoms. The standard InChI is InChI=1S/C44H54N6O5S/c1-26(2)56(53,54)46-43(51)29-14-16-36-37(22-29)49-24-32(20-31-21-34(55-5)15-17-35(31)42(49)40(36)28-10-7-6-8-11-28)41-39(27(3)45-50(41)33-12-9-13-33)44(52)48-23-30-18-19-47(4)38(30)25-48/h14-17,20-22,26,28,30,33,38H,6-13,18-19,23-25H2,1-5H3,(H,46,51)/t30?,38-/m1/s1. The number of hydrogen-bond donors (Lipinski definition) is 1. The van der Waals surface area contributed by atoms with E-state index in [1.807, 2.05) is 25.1 Å². The number of allylic oxidation sites excluding steroid dienone is 1. The van der Waals surface area contributed by atoms with Gasteiger partial charge in [-0.1, -0.05) is 25.3 Å². The predicted octanol–water partition coefficient (Wildman–Crippen LogP) is 7.39. The van der Waals surface area contributed by atoms with E-state index in [0.29, 0.717) is 30.0 Å². The van der Waals surface area contributed by atoms with Crippen molar-refractivity contribution in [2.75, 3.05) is 33.8 Å². The van der Waals surface area contributed by atoms with E-state index in [1.165, 1.54) is 12.0 Å². The van der Waals surface area contributed by atoms with Gasteiger partial charge in [-0.2, -0.15) is 5.10 Å². The third-order valence-electron chi connectivity index (χ3n) is 13.5. The molecule has 4 fully saturated rings. The van der Waals surface area contributed by atoms with Crippen molar-refractivity contribution in [1.82, 2.24) is 28.9 Å². The molecule has 0 bridgehead atoms. The highest BCUT2D eigenvalue weighted by Crippen LogP contribution is 2.49. The van der Waals surface area contributed by atoms with Crippen LogP contribution < -0.4 is 9.46 Å². The van der Waals surface area contributed by atoms with Crippen LogP contribution in [-0.2, 0) is 16.6 Å². The molecular weight excluding hydrogens is 725 g/mol. The van der Waals surface area contributed by atoms with Crippen LogP contribution in [0.1, 0.15) is 127 Å². The van der Waals surface area contributed by atoms with Crippen molar-refractivity contribution in [3.63, 3.8) is 0 Å². The Labute approximate surface area is 330 Å². The second kappa shape index (κ2) is 14.2. The maximum atomic E-state index is 14.9. The number of nitrogens with one attached hydrogen (secondary N) is 1. The maximum Gasteiger partial charge on any atom is 0.264 e. The van der Waals surface area contributed by atoms with E-state index < -0.39 is 21.2 Å². The summed E-state index contributed by atoms with van der Waals surface area (Å²) < 4.78 is 38.3. The summed E-state index contributed by atoms with van der Waals surface area (Å²) >= 11 is 0. The Balaban J connectivity index is 1.25. The Bertz CT molecular complexity index is 2380. The van der Waals surface area contributed by atoms with Gasteiger partial charge in [0.05, 0.1) is 47.6 Å². The van der Waals surface area contributed by atoms with Crippen molar-refractivity contribution < 1.29 is 22.7 Å². The number of sulfonamides is 1. The molecule has 3 aliphatic heterocycles. The number of aryl methyl sites for hydroxylation is 1. The summed E-state index contributed by atoms with van der Waals surface area (Å²) in [5, 5.41) is 5.49. The molecule has 2 saturated carbocycles. The molecule has 296 valence electrons. The zero-order valence-corrected chi connectivity index (χ0v) is 34.1. The summed E-state index contributed by atoms with van der Waals surface area (Å²) in [6.45, 7) is 8.10. The van der Waals surface area contributed by atoms with E-state index in [2.05, 4.69) is 49.0 Å². The van der Waals surface area contributed by atoms with Crippen LogP contribution in [0.25, 0.3) is 33.8 Å². The first kappa shape index (κ1) is 37.2. The van der Waals surface area contributed by atoms with Gasteiger partial charge < -0.3 is 19.1 Å². The Hall–Kier alpha value is -4.42. The molecule has 2 saturated heterocycles. The van der Waals surface area contributed by atoms with Crippen molar-refractivity contribution in [3.05, 3.63) is 70.0 Å².